The molecular formula is C15H33NSi. The van der Waals surface area contributed by atoms with Gasteiger partial charge in [0.25, 0.3) is 0 Å². The highest BCUT2D eigenvalue weighted by atomic mass is 28.3. The zero-order valence-corrected chi connectivity index (χ0v) is 14.0. The van der Waals surface area contributed by atoms with Crippen LogP contribution in [0.3, 0.4) is 0 Å². The Morgan fingerprint density at radius 1 is 1.00 bits per heavy atom. The molecule has 0 N–H and O–H groups in total. The first-order valence-corrected chi connectivity index (χ1v) is 10.8. The van der Waals surface area contributed by atoms with Gasteiger partial charge >= 0.3 is 0 Å². The standard InChI is InChI=1S/C15H33NSi/c1-7-11-16(12-8-2)15(4)10-14-17(5,6)13-9-3/h10H,7-9,11-14H2,1-6H3/b15-10-. The SMILES string of the molecule is CCCN(CCC)/C(C)=C\C[Si](C)(C)CCC. The van der Waals surface area contributed by atoms with Crippen LogP contribution >= 0.6 is 0 Å². The predicted molar refractivity (Wildman–Crippen MR) is 83.3 cm³/mol. The molecule has 0 aliphatic rings. The van der Waals surface area contributed by atoms with Crippen molar-refractivity contribution in [2.75, 3.05) is 13.1 Å². The second-order valence-corrected chi connectivity index (χ2v) is 11.2. The van der Waals surface area contributed by atoms with Gasteiger partial charge in [0.15, 0.2) is 0 Å². The first-order chi connectivity index (χ1) is 7.96. The van der Waals surface area contributed by atoms with Gasteiger partial charge in [0, 0.05) is 18.8 Å². The van der Waals surface area contributed by atoms with Gasteiger partial charge in [-0.3, -0.25) is 0 Å². The molecule has 0 spiro atoms. The van der Waals surface area contributed by atoms with E-state index in [4.69, 9.17) is 0 Å². The molecular weight excluding hydrogens is 222 g/mol. The van der Waals surface area contributed by atoms with E-state index in [2.05, 4.69) is 51.8 Å². The highest BCUT2D eigenvalue weighted by Gasteiger charge is 2.17. The molecule has 0 aromatic heterocycles. The van der Waals surface area contributed by atoms with Crippen molar-refractivity contribution in [3.63, 3.8) is 0 Å². The van der Waals surface area contributed by atoms with Gasteiger partial charge in [0.05, 0.1) is 8.07 Å². The molecule has 0 aromatic rings. The van der Waals surface area contributed by atoms with Crippen LogP contribution in [-0.2, 0) is 0 Å². The molecule has 0 saturated heterocycles. The van der Waals surface area contributed by atoms with Crippen LogP contribution in [0.15, 0.2) is 11.8 Å². The number of hydrogen-bond donors (Lipinski definition) is 0. The average molecular weight is 256 g/mol. The van der Waals surface area contributed by atoms with Crippen molar-refractivity contribution >= 4 is 8.07 Å². The third kappa shape index (κ3) is 7.64. The summed E-state index contributed by atoms with van der Waals surface area (Å²) in [5.41, 5.74) is 1.50. The summed E-state index contributed by atoms with van der Waals surface area (Å²) in [7, 11) is -0.961. The Morgan fingerprint density at radius 2 is 1.53 bits per heavy atom. The molecule has 0 aliphatic carbocycles. The summed E-state index contributed by atoms with van der Waals surface area (Å²) in [6.45, 7) is 16.6. The van der Waals surface area contributed by atoms with Crippen molar-refractivity contribution in [3.05, 3.63) is 11.8 Å². The van der Waals surface area contributed by atoms with Gasteiger partial charge in [-0.1, -0.05) is 52.4 Å². The Balaban J connectivity index is 4.37. The normalized spacial score (nSPS) is 12.9. The van der Waals surface area contributed by atoms with Gasteiger partial charge < -0.3 is 4.90 Å². The van der Waals surface area contributed by atoms with E-state index in [1.165, 1.54) is 50.1 Å². The predicted octanol–water partition coefficient (Wildman–Crippen LogP) is 5.13. The third-order valence-electron chi connectivity index (χ3n) is 3.36. The van der Waals surface area contributed by atoms with E-state index in [-0.39, 0.29) is 0 Å². The van der Waals surface area contributed by atoms with Gasteiger partial charge in [-0.25, -0.2) is 0 Å². The van der Waals surface area contributed by atoms with E-state index in [0.29, 0.717) is 0 Å². The number of rotatable bonds is 9. The maximum atomic E-state index is 2.55. The lowest BCUT2D eigenvalue weighted by molar-refractivity contribution is 0.344. The molecule has 0 unspecified atom stereocenters. The molecule has 0 amide bonds. The summed E-state index contributed by atoms with van der Waals surface area (Å²) in [4.78, 5) is 2.55. The highest BCUT2D eigenvalue weighted by molar-refractivity contribution is 6.77. The van der Waals surface area contributed by atoms with Gasteiger partial charge in [-0.15, -0.1) is 0 Å². The molecule has 0 fully saturated rings. The maximum absolute atomic E-state index is 2.55. The molecule has 0 atom stereocenters. The molecule has 0 heterocycles. The van der Waals surface area contributed by atoms with Crippen LogP contribution in [0.5, 0.6) is 0 Å². The van der Waals surface area contributed by atoms with E-state index in [1.54, 1.807) is 0 Å². The Hall–Kier alpha value is -0.243. The molecule has 17 heavy (non-hydrogen) atoms. The molecule has 2 heteroatoms. The molecule has 0 bridgehead atoms. The van der Waals surface area contributed by atoms with Crippen molar-refractivity contribution in [2.24, 2.45) is 0 Å². The van der Waals surface area contributed by atoms with Crippen LogP contribution in [0.4, 0.5) is 0 Å². The minimum absolute atomic E-state index is 0.961. The lowest BCUT2D eigenvalue weighted by Gasteiger charge is -2.26. The summed E-state index contributed by atoms with van der Waals surface area (Å²) >= 11 is 0. The number of allylic oxidation sites excluding steroid dienone is 2. The minimum Gasteiger partial charge on any atom is -0.375 e. The first kappa shape index (κ1) is 16.8. The van der Waals surface area contributed by atoms with Crippen molar-refractivity contribution in [1.29, 1.82) is 0 Å². The van der Waals surface area contributed by atoms with Gasteiger partial charge in [0.2, 0.25) is 0 Å². The molecule has 0 saturated carbocycles. The monoisotopic (exact) mass is 255 g/mol. The molecule has 0 radical (unpaired) electrons. The van der Waals surface area contributed by atoms with E-state index in [0.717, 1.165) is 0 Å². The molecule has 0 aromatic carbocycles. The lowest BCUT2D eigenvalue weighted by Crippen LogP contribution is -2.26. The summed E-state index contributed by atoms with van der Waals surface area (Å²) < 4.78 is 0. The van der Waals surface area contributed by atoms with Crippen molar-refractivity contribution in [3.8, 4) is 0 Å². The van der Waals surface area contributed by atoms with Crippen LogP contribution in [0.2, 0.25) is 25.2 Å². The fourth-order valence-electron chi connectivity index (χ4n) is 2.34. The second kappa shape index (κ2) is 8.79. The highest BCUT2D eigenvalue weighted by Crippen LogP contribution is 2.19. The Morgan fingerprint density at radius 3 is 1.94 bits per heavy atom. The van der Waals surface area contributed by atoms with Crippen LogP contribution < -0.4 is 0 Å². The van der Waals surface area contributed by atoms with Gasteiger partial charge in [-0.2, -0.15) is 0 Å². The molecule has 0 rings (SSSR count). The summed E-state index contributed by atoms with van der Waals surface area (Å²) in [5.74, 6) is 0. The first-order valence-electron chi connectivity index (χ1n) is 7.38. The third-order valence-corrected chi connectivity index (χ3v) is 6.53. The zero-order valence-electron chi connectivity index (χ0n) is 13.0. The number of nitrogens with zero attached hydrogens (tertiary/aromatic N) is 1. The number of hydrogen-bond acceptors (Lipinski definition) is 1. The van der Waals surface area contributed by atoms with Gasteiger partial charge in [-0.05, 0) is 25.8 Å². The zero-order chi connectivity index (χ0) is 13.3. The minimum atomic E-state index is -0.961. The smallest absolute Gasteiger partial charge is 0.0511 e. The fraction of sp³-hybridized carbons (Fsp3) is 0.867. The Kier molecular flexibility index (Phi) is 8.66. The summed E-state index contributed by atoms with van der Waals surface area (Å²) in [6.07, 6.45) is 6.36. The average Bonchev–Trinajstić information content (AvgIpc) is 2.26. The molecule has 102 valence electrons. The quantitative estimate of drug-likeness (QED) is 0.516. The maximum Gasteiger partial charge on any atom is 0.0511 e. The lowest BCUT2D eigenvalue weighted by atomic mass is 10.3. The topological polar surface area (TPSA) is 3.24 Å². The van der Waals surface area contributed by atoms with Crippen LogP contribution in [0, 0.1) is 0 Å². The largest absolute Gasteiger partial charge is 0.375 e. The summed E-state index contributed by atoms with van der Waals surface area (Å²) in [6, 6.07) is 2.80. The van der Waals surface area contributed by atoms with E-state index >= 15 is 0 Å². The van der Waals surface area contributed by atoms with E-state index in [9.17, 15) is 0 Å². The van der Waals surface area contributed by atoms with Crippen LogP contribution in [0.25, 0.3) is 0 Å². The second-order valence-electron chi connectivity index (χ2n) is 5.95. The van der Waals surface area contributed by atoms with Crippen molar-refractivity contribution in [1.82, 2.24) is 4.90 Å². The summed E-state index contributed by atoms with van der Waals surface area (Å²) in [5, 5.41) is 0. The van der Waals surface area contributed by atoms with Gasteiger partial charge in [0.1, 0.15) is 0 Å². The fourth-order valence-corrected chi connectivity index (χ4v) is 4.74. The van der Waals surface area contributed by atoms with E-state index < -0.39 is 8.07 Å². The van der Waals surface area contributed by atoms with Crippen LogP contribution in [0.1, 0.15) is 47.0 Å². The molecule has 0 aliphatic heterocycles. The Labute approximate surface area is 110 Å². The van der Waals surface area contributed by atoms with Crippen molar-refractivity contribution < 1.29 is 0 Å². The van der Waals surface area contributed by atoms with Crippen molar-refractivity contribution in [2.45, 2.75) is 72.1 Å². The Bertz CT molecular complexity index is 215. The van der Waals surface area contributed by atoms with E-state index in [1.807, 2.05) is 0 Å². The van der Waals surface area contributed by atoms with Crippen LogP contribution in [-0.4, -0.2) is 26.1 Å². The molecule has 1 nitrogen and oxygen atoms in total.